The highest BCUT2D eigenvalue weighted by Crippen LogP contribution is 2.20. The van der Waals surface area contributed by atoms with Gasteiger partial charge >= 0.3 is 5.97 Å². The topological polar surface area (TPSA) is 68.3 Å². The number of ether oxygens (including phenoxy) is 1. The van der Waals surface area contributed by atoms with Crippen LogP contribution >= 0.6 is 0 Å². The Labute approximate surface area is 123 Å². The number of hydrogen-bond acceptors (Lipinski definition) is 4. The fraction of sp³-hybridized carbons (Fsp3) is 0.188. The maximum atomic E-state index is 11.4. The zero-order chi connectivity index (χ0) is 15.2. The van der Waals surface area contributed by atoms with Crippen molar-refractivity contribution >= 4 is 11.9 Å². The average molecular weight is 284 g/mol. The Hall–Kier alpha value is -2.69. The lowest BCUT2D eigenvalue weighted by Gasteiger charge is -2.06. The van der Waals surface area contributed by atoms with Crippen LogP contribution < -0.4 is 5.32 Å². The second-order valence-electron chi connectivity index (χ2n) is 4.51. The molecule has 1 amide bonds. The van der Waals surface area contributed by atoms with E-state index in [4.69, 9.17) is 0 Å². The molecule has 2 aromatic rings. The summed E-state index contributed by atoms with van der Waals surface area (Å²) in [6.45, 7) is 1.86. The van der Waals surface area contributed by atoms with Gasteiger partial charge in [0.05, 0.1) is 24.9 Å². The monoisotopic (exact) mass is 284 g/mol. The third kappa shape index (κ3) is 3.89. The van der Waals surface area contributed by atoms with E-state index in [0.29, 0.717) is 12.1 Å². The molecule has 0 atom stereocenters. The number of carbonyl (C=O) groups is 2. The predicted molar refractivity (Wildman–Crippen MR) is 78.5 cm³/mol. The van der Waals surface area contributed by atoms with Gasteiger partial charge in [-0.05, 0) is 35.4 Å². The zero-order valence-corrected chi connectivity index (χ0v) is 11.9. The van der Waals surface area contributed by atoms with E-state index in [-0.39, 0.29) is 11.9 Å². The number of pyridine rings is 1. The third-order valence-corrected chi connectivity index (χ3v) is 2.97. The van der Waals surface area contributed by atoms with Gasteiger partial charge in [0.1, 0.15) is 0 Å². The zero-order valence-electron chi connectivity index (χ0n) is 11.9. The SMILES string of the molecule is COC(=O)c1ccc(-c2ccnc(CNC(C)=O)c2)cc1. The molecule has 0 unspecified atom stereocenters. The molecule has 5 nitrogen and oxygen atoms in total. The molecule has 108 valence electrons. The summed E-state index contributed by atoms with van der Waals surface area (Å²) in [6, 6.07) is 10.9. The van der Waals surface area contributed by atoms with E-state index in [1.165, 1.54) is 14.0 Å². The fourth-order valence-electron chi connectivity index (χ4n) is 1.89. The predicted octanol–water partition coefficient (Wildman–Crippen LogP) is 2.17. The first-order valence-corrected chi connectivity index (χ1v) is 6.48. The molecule has 0 aliphatic carbocycles. The highest BCUT2D eigenvalue weighted by Gasteiger charge is 2.06. The molecule has 1 aromatic heterocycles. The standard InChI is InChI=1S/C16H16N2O3/c1-11(19)18-10-15-9-14(7-8-17-15)12-3-5-13(6-4-12)16(20)21-2/h3-9H,10H2,1-2H3,(H,18,19). The van der Waals surface area contributed by atoms with Crippen LogP contribution in [0.15, 0.2) is 42.6 Å². The molecule has 5 heteroatoms. The lowest BCUT2D eigenvalue weighted by atomic mass is 10.0. The second-order valence-corrected chi connectivity index (χ2v) is 4.51. The summed E-state index contributed by atoms with van der Waals surface area (Å²) >= 11 is 0. The van der Waals surface area contributed by atoms with Gasteiger partial charge in [0.25, 0.3) is 0 Å². The fourth-order valence-corrected chi connectivity index (χ4v) is 1.89. The summed E-state index contributed by atoms with van der Waals surface area (Å²) in [5.74, 6) is -0.452. The van der Waals surface area contributed by atoms with Crippen molar-refractivity contribution in [3.8, 4) is 11.1 Å². The van der Waals surface area contributed by atoms with Crippen LogP contribution in [-0.4, -0.2) is 24.0 Å². The van der Waals surface area contributed by atoms with Crippen molar-refractivity contribution in [2.45, 2.75) is 13.5 Å². The summed E-state index contributed by atoms with van der Waals surface area (Å²) in [4.78, 5) is 26.5. The first-order chi connectivity index (χ1) is 10.1. The molecule has 21 heavy (non-hydrogen) atoms. The molecule has 0 aliphatic rings. The molecular formula is C16H16N2O3. The minimum atomic E-state index is -0.359. The van der Waals surface area contributed by atoms with Crippen LogP contribution in [0.4, 0.5) is 0 Å². The van der Waals surface area contributed by atoms with Crippen LogP contribution in [0.2, 0.25) is 0 Å². The van der Waals surface area contributed by atoms with Gasteiger partial charge in [-0.25, -0.2) is 4.79 Å². The van der Waals surface area contributed by atoms with E-state index >= 15 is 0 Å². The Bertz CT molecular complexity index is 651. The van der Waals surface area contributed by atoms with Gasteiger partial charge in [-0.1, -0.05) is 12.1 Å². The molecule has 0 bridgehead atoms. The van der Waals surface area contributed by atoms with Gasteiger partial charge in [0.2, 0.25) is 5.91 Å². The highest BCUT2D eigenvalue weighted by atomic mass is 16.5. The van der Waals surface area contributed by atoms with Crippen LogP contribution in [0.3, 0.4) is 0 Å². The van der Waals surface area contributed by atoms with E-state index in [2.05, 4.69) is 15.0 Å². The molecule has 0 spiro atoms. The number of amides is 1. The van der Waals surface area contributed by atoms with Gasteiger partial charge in [-0.3, -0.25) is 9.78 Å². The smallest absolute Gasteiger partial charge is 0.337 e. The Morgan fingerprint density at radius 1 is 1.14 bits per heavy atom. The summed E-state index contributed by atoms with van der Waals surface area (Å²) in [5.41, 5.74) is 3.23. The quantitative estimate of drug-likeness (QED) is 0.874. The summed E-state index contributed by atoms with van der Waals surface area (Å²) < 4.78 is 4.67. The first kappa shape index (κ1) is 14.7. The summed E-state index contributed by atoms with van der Waals surface area (Å²) in [6.07, 6.45) is 1.70. The van der Waals surface area contributed by atoms with Crippen molar-refractivity contribution < 1.29 is 14.3 Å². The number of benzene rings is 1. The van der Waals surface area contributed by atoms with E-state index in [1.807, 2.05) is 24.3 Å². The summed E-state index contributed by atoms with van der Waals surface area (Å²) in [5, 5.41) is 2.71. The molecule has 1 heterocycles. The van der Waals surface area contributed by atoms with E-state index in [0.717, 1.165) is 16.8 Å². The van der Waals surface area contributed by atoms with Gasteiger partial charge in [-0.2, -0.15) is 0 Å². The number of aromatic nitrogens is 1. The van der Waals surface area contributed by atoms with Crippen molar-refractivity contribution in [2.24, 2.45) is 0 Å². The number of nitrogens with zero attached hydrogens (tertiary/aromatic N) is 1. The lowest BCUT2D eigenvalue weighted by molar-refractivity contribution is -0.119. The van der Waals surface area contributed by atoms with E-state index in [1.54, 1.807) is 18.3 Å². The second kappa shape index (κ2) is 6.65. The Morgan fingerprint density at radius 3 is 2.48 bits per heavy atom. The number of esters is 1. The average Bonchev–Trinajstić information content (AvgIpc) is 2.52. The van der Waals surface area contributed by atoms with Gasteiger partial charge in [0.15, 0.2) is 0 Å². The van der Waals surface area contributed by atoms with Gasteiger partial charge in [-0.15, -0.1) is 0 Å². The van der Waals surface area contributed by atoms with Crippen LogP contribution in [0.25, 0.3) is 11.1 Å². The normalized spacial score (nSPS) is 10.0. The maximum absolute atomic E-state index is 11.4. The Balaban J connectivity index is 2.19. The molecule has 0 aliphatic heterocycles. The Kier molecular flexibility index (Phi) is 4.66. The maximum Gasteiger partial charge on any atom is 0.337 e. The molecule has 0 radical (unpaired) electrons. The van der Waals surface area contributed by atoms with E-state index < -0.39 is 0 Å². The Morgan fingerprint density at radius 2 is 1.86 bits per heavy atom. The molecule has 1 aromatic carbocycles. The lowest BCUT2D eigenvalue weighted by Crippen LogP contribution is -2.19. The molecule has 0 saturated carbocycles. The van der Waals surface area contributed by atoms with E-state index in [9.17, 15) is 9.59 Å². The van der Waals surface area contributed by atoms with Gasteiger partial charge in [0, 0.05) is 13.1 Å². The molecular weight excluding hydrogens is 268 g/mol. The number of nitrogens with one attached hydrogen (secondary N) is 1. The first-order valence-electron chi connectivity index (χ1n) is 6.48. The molecule has 0 fully saturated rings. The molecule has 0 saturated heterocycles. The number of methoxy groups -OCH3 is 1. The van der Waals surface area contributed by atoms with Crippen molar-refractivity contribution in [3.05, 3.63) is 53.9 Å². The minimum absolute atomic E-state index is 0.0929. The number of carbonyl (C=O) groups excluding carboxylic acids is 2. The number of hydrogen-bond donors (Lipinski definition) is 1. The van der Waals surface area contributed by atoms with Crippen LogP contribution in [0.1, 0.15) is 23.0 Å². The van der Waals surface area contributed by atoms with Crippen LogP contribution in [-0.2, 0) is 16.1 Å². The largest absolute Gasteiger partial charge is 0.465 e. The minimum Gasteiger partial charge on any atom is -0.465 e. The summed E-state index contributed by atoms with van der Waals surface area (Å²) in [7, 11) is 1.35. The molecule has 2 rings (SSSR count). The van der Waals surface area contributed by atoms with Crippen LogP contribution in [0.5, 0.6) is 0 Å². The van der Waals surface area contributed by atoms with Crippen molar-refractivity contribution in [3.63, 3.8) is 0 Å². The van der Waals surface area contributed by atoms with Crippen molar-refractivity contribution in [1.82, 2.24) is 10.3 Å². The van der Waals surface area contributed by atoms with Crippen LogP contribution in [0, 0.1) is 0 Å². The number of rotatable bonds is 4. The third-order valence-electron chi connectivity index (χ3n) is 2.97. The highest BCUT2D eigenvalue weighted by molar-refractivity contribution is 5.89. The van der Waals surface area contributed by atoms with Crippen molar-refractivity contribution in [2.75, 3.05) is 7.11 Å². The van der Waals surface area contributed by atoms with Crippen molar-refractivity contribution in [1.29, 1.82) is 0 Å². The molecule has 1 N–H and O–H groups in total. The van der Waals surface area contributed by atoms with Gasteiger partial charge < -0.3 is 10.1 Å².